The van der Waals surface area contributed by atoms with Gasteiger partial charge in [-0.3, -0.25) is 4.79 Å². The zero-order chi connectivity index (χ0) is 11.0. The van der Waals surface area contributed by atoms with Crippen LogP contribution in [-0.4, -0.2) is 18.4 Å². The maximum atomic E-state index is 12.4. The molecule has 16 heavy (non-hydrogen) atoms. The van der Waals surface area contributed by atoms with Crippen LogP contribution in [0, 0.1) is 5.92 Å². The lowest BCUT2D eigenvalue weighted by Crippen LogP contribution is -2.38. The van der Waals surface area contributed by atoms with Crippen molar-refractivity contribution in [3.8, 4) is 0 Å². The van der Waals surface area contributed by atoms with Crippen molar-refractivity contribution in [3.63, 3.8) is 0 Å². The van der Waals surface area contributed by atoms with Gasteiger partial charge in [-0.2, -0.15) is 0 Å². The maximum Gasteiger partial charge on any atom is 0.167 e. The molecule has 0 unspecified atom stereocenters. The molecule has 0 bridgehead atoms. The van der Waals surface area contributed by atoms with E-state index in [1.807, 2.05) is 18.2 Å². The van der Waals surface area contributed by atoms with Crippen molar-refractivity contribution in [2.75, 3.05) is 6.54 Å². The van der Waals surface area contributed by atoms with E-state index in [1.54, 1.807) is 0 Å². The maximum absolute atomic E-state index is 12.4. The van der Waals surface area contributed by atoms with Crippen molar-refractivity contribution in [1.82, 2.24) is 5.32 Å². The molecule has 1 N–H and O–H groups in total. The standard InChI is InChI=1S/C14H17NO/c16-14-11-5-2-1-4-10(11)7-8-12(14)13-6-3-9-15-13/h1-2,4-5,12-13,15H,3,6-9H2/t12-,13+/m0/s1. The fourth-order valence-electron chi connectivity index (χ4n) is 3.06. The van der Waals surface area contributed by atoms with Crippen LogP contribution < -0.4 is 5.32 Å². The molecule has 1 heterocycles. The molecule has 0 spiro atoms. The molecule has 2 nitrogen and oxygen atoms in total. The minimum Gasteiger partial charge on any atom is -0.313 e. The van der Waals surface area contributed by atoms with E-state index in [0.29, 0.717) is 11.8 Å². The second-order valence-electron chi connectivity index (χ2n) is 4.87. The van der Waals surface area contributed by atoms with E-state index in [4.69, 9.17) is 0 Å². The van der Waals surface area contributed by atoms with Gasteiger partial charge in [0.05, 0.1) is 0 Å². The number of aryl methyl sites for hydroxylation is 1. The first kappa shape index (κ1) is 10.0. The molecule has 0 saturated carbocycles. The van der Waals surface area contributed by atoms with Gasteiger partial charge in [-0.15, -0.1) is 0 Å². The summed E-state index contributed by atoms with van der Waals surface area (Å²) in [6, 6.07) is 8.51. The number of carbonyl (C=O) groups is 1. The van der Waals surface area contributed by atoms with Gasteiger partial charge in [0.1, 0.15) is 0 Å². The molecule has 1 aromatic rings. The highest BCUT2D eigenvalue weighted by molar-refractivity contribution is 6.00. The number of hydrogen-bond acceptors (Lipinski definition) is 2. The fraction of sp³-hybridized carbons (Fsp3) is 0.500. The summed E-state index contributed by atoms with van der Waals surface area (Å²) in [5, 5.41) is 3.47. The van der Waals surface area contributed by atoms with Crippen LogP contribution in [0.1, 0.15) is 35.2 Å². The third-order valence-corrected chi connectivity index (χ3v) is 3.93. The smallest absolute Gasteiger partial charge is 0.167 e. The minimum atomic E-state index is 0.220. The predicted molar refractivity (Wildman–Crippen MR) is 63.6 cm³/mol. The average molecular weight is 215 g/mol. The Kier molecular flexibility index (Phi) is 2.52. The van der Waals surface area contributed by atoms with Gasteiger partial charge in [0.15, 0.2) is 5.78 Å². The molecule has 2 atom stereocenters. The van der Waals surface area contributed by atoms with E-state index >= 15 is 0 Å². The first-order valence-corrected chi connectivity index (χ1v) is 6.22. The molecule has 2 aliphatic rings. The monoisotopic (exact) mass is 215 g/mol. The van der Waals surface area contributed by atoms with Gasteiger partial charge >= 0.3 is 0 Å². The van der Waals surface area contributed by atoms with E-state index in [9.17, 15) is 4.79 Å². The Hall–Kier alpha value is -1.15. The number of nitrogens with one attached hydrogen (secondary N) is 1. The van der Waals surface area contributed by atoms with Crippen LogP contribution >= 0.6 is 0 Å². The SMILES string of the molecule is O=C1c2ccccc2CC[C@H]1[C@H]1CCCN1. The Morgan fingerprint density at radius 3 is 2.88 bits per heavy atom. The quantitative estimate of drug-likeness (QED) is 0.778. The highest BCUT2D eigenvalue weighted by Gasteiger charge is 2.34. The molecule has 0 radical (unpaired) electrons. The molecular weight excluding hydrogens is 198 g/mol. The van der Waals surface area contributed by atoms with Crippen LogP contribution in [-0.2, 0) is 6.42 Å². The van der Waals surface area contributed by atoms with Gasteiger partial charge in [-0.25, -0.2) is 0 Å². The van der Waals surface area contributed by atoms with Crippen molar-refractivity contribution in [3.05, 3.63) is 35.4 Å². The Labute approximate surface area is 96.1 Å². The summed E-state index contributed by atoms with van der Waals surface area (Å²) < 4.78 is 0. The molecule has 1 aliphatic heterocycles. The fourth-order valence-corrected chi connectivity index (χ4v) is 3.06. The number of ketones is 1. The molecule has 0 aromatic heterocycles. The van der Waals surface area contributed by atoms with Gasteiger partial charge < -0.3 is 5.32 Å². The molecule has 0 amide bonds. The van der Waals surface area contributed by atoms with Crippen LogP contribution in [0.4, 0.5) is 0 Å². The molecule has 3 rings (SSSR count). The third-order valence-electron chi connectivity index (χ3n) is 3.93. The topological polar surface area (TPSA) is 29.1 Å². The summed E-state index contributed by atoms with van der Waals surface area (Å²) in [5.74, 6) is 0.582. The molecule has 1 aromatic carbocycles. The van der Waals surface area contributed by atoms with E-state index in [-0.39, 0.29) is 5.92 Å². The normalized spacial score (nSPS) is 29.1. The van der Waals surface area contributed by atoms with Gasteiger partial charge in [0.2, 0.25) is 0 Å². The zero-order valence-corrected chi connectivity index (χ0v) is 9.41. The van der Waals surface area contributed by atoms with Crippen LogP contribution in [0.25, 0.3) is 0 Å². The Balaban J connectivity index is 1.88. The van der Waals surface area contributed by atoms with Crippen LogP contribution in [0.3, 0.4) is 0 Å². The number of rotatable bonds is 1. The molecular formula is C14H17NO. The molecule has 1 aliphatic carbocycles. The summed E-state index contributed by atoms with van der Waals surface area (Å²) in [4.78, 5) is 12.4. The van der Waals surface area contributed by atoms with Crippen LogP contribution in [0.5, 0.6) is 0 Å². The van der Waals surface area contributed by atoms with Crippen molar-refractivity contribution < 1.29 is 4.79 Å². The lowest BCUT2D eigenvalue weighted by atomic mass is 9.78. The Morgan fingerprint density at radius 1 is 1.19 bits per heavy atom. The number of hydrogen-bond donors (Lipinski definition) is 1. The van der Waals surface area contributed by atoms with E-state index < -0.39 is 0 Å². The Morgan fingerprint density at radius 2 is 2.06 bits per heavy atom. The van der Waals surface area contributed by atoms with Crippen molar-refractivity contribution in [2.24, 2.45) is 5.92 Å². The van der Waals surface area contributed by atoms with Gasteiger partial charge in [-0.05, 0) is 37.8 Å². The minimum absolute atomic E-state index is 0.220. The second-order valence-corrected chi connectivity index (χ2v) is 4.87. The summed E-state index contributed by atoms with van der Waals surface area (Å²) >= 11 is 0. The summed E-state index contributed by atoms with van der Waals surface area (Å²) in [6.45, 7) is 1.08. The largest absolute Gasteiger partial charge is 0.313 e. The number of carbonyl (C=O) groups excluding carboxylic acids is 1. The molecule has 1 saturated heterocycles. The van der Waals surface area contributed by atoms with Crippen molar-refractivity contribution in [1.29, 1.82) is 0 Å². The molecule has 84 valence electrons. The predicted octanol–water partition coefficient (Wildman–Crippen LogP) is 2.18. The molecule has 1 fully saturated rings. The van der Waals surface area contributed by atoms with Gasteiger partial charge in [0, 0.05) is 17.5 Å². The average Bonchev–Trinajstić information content (AvgIpc) is 2.83. The molecule has 2 heteroatoms. The van der Waals surface area contributed by atoms with Crippen LogP contribution in [0.2, 0.25) is 0 Å². The first-order chi connectivity index (χ1) is 7.86. The van der Waals surface area contributed by atoms with Crippen molar-refractivity contribution >= 4 is 5.78 Å². The number of Topliss-reactive ketones (excluding diaryl/α,β-unsaturated/α-hetero) is 1. The highest BCUT2D eigenvalue weighted by atomic mass is 16.1. The highest BCUT2D eigenvalue weighted by Crippen LogP contribution is 2.30. The number of benzene rings is 1. The lowest BCUT2D eigenvalue weighted by Gasteiger charge is -2.27. The first-order valence-electron chi connectivity index (χ1n) is 6.22. The van der Waals surface area contributed by atoms with Gasteiger partial charge in [0.25, 0.3) is 0 Å². The Bertz CT molecular complexity index is 407. The lowest BCUT2D eigenvalue weighted by molar-refractivity contribution is 0.0874. The summed E-state index contributed by atoms with van der Waals surface area (Å²) in [6.07, 6.45) is 4.47. The van der Waals surface area contributed by atoms with Crippen molar-refractivity contribution in [2.45, 2.75) is 31.7 Å². The van der Waals surface area contributed by atoms with E-state index in [0.717, 1.165) is 24.9 Å². The van der Waals surface area contributed by atoms with Crippen LogP contribution in [0.15, 0.2) is 24.3 Å². The summed E-state index contributed by atoms with van der Waals surface area (Å²) in [7, 11) is 0. The summed E-state index contributed by atoms with van der Waals surface area (Å²) in [5.41, 5.74) is 2.20. The third kappa shape index (κ3) is 1.57. The zero-order valence-electron chi connectivity index (χ0n) is 9.41. The second kappa shape index (κ2) is 4.02. The number of fused-ring (bicyclic) bond motifs is 1. The van der Waals surface area contributed by atoms with Gasteiger partial charge in [-0.1, -0.05) is 24.3 Å². The van der Waals surface area contributed by atoms with E-state index in [2.05, 4.69) is 11.4 Å². The van der Waals surface area contributed by atoms with E-state index in [1.165, 1.54) is 18.4 Å².